The molecule has 1 rings (SSSR count). The number of amides is 1. The van der Waals surface area contributed by atoms with Crippen LogP contribution in [0.5, 0.6) is 5.75 Å². The maximum absolute atomic E-state index is 12.1. The van der Waals surface area contributed by atoms with E-state index in [0.29, 0.717) is 22.2 Å². The van der Waals surface area contributed by atoms with Gasteiger partial charge in [-0.25, -0.2) is 0 Å². The molecule has 5 heteroatoms. The van der Waals surface area contributed by atoms with E-state index in [1.54, 1.807) is 32.0 Å². The van der Waals surface area contributed by atoms with Crippen molar-refractivity contribution in [3.8, 4) is 18.1 Å². The minimum absolute atomic E-state index is 0.293. The molecule has 20 heavy (non-hydrogen) atoms. The van der Waals surface area contributed by atoms with Crippen LogP contribution in [0.2, 0.25) is 10.0 Å². The zero-order valence-electron chi connectivity index (χ0n) is 11.7. The van der Waals surface area contributed by atoms with Crippen LogP contribution in [-0.2, 0) is 4.79 Å². The number of halogens is 2. The maximum atomic E-state index is 12.1. The summed E-state index contributed by atoms with van der Waals surface area (Å²) in [5, 5.41) is 3.63. The minimum Gasteiger partial charge on any atom is -0.479 e. The number of benzene rings is 1. The number of hydrogen-bond acceptors (Lipinski definition) is 2. The standard InChI is InChI=1S/C15H17Cl2NO2/c1-5-15(4,6-2)18-14(19)10(3)20-13-8-7-11(16)9-12(13)17/h1,7-10H,6H2,2-4H3,(H,18,19)/t10-,15-/m1/s1. The molecule has 108 valence electrons. The highest BCUT2D eigenvalue weighted by atomic mass is 35.5. The Bertz CT molecular complexity index is 539. The summed E-state index contributed by atoms with van der Waals surface area (Å²) in [5.74, 6) is 2.67. The Morgan fingerprint density at radius 1 is 1.55 bits per heavy atom. The highest BCUT2D eigenvalue weighted by Gasteiger charge is 2.25. The second kappa shape index (κ2) is 6.88. The average Bonchev–Trinajstić information content (AvgIpc) is 2.41. The highest BCUT2D eigenvalue weighted by molar-refractivity contribution is 6.35. The van der Waals surface area contributed by atoms with E-state index >= 15 is 0 Å². The molecular weight excluding hydrogens is 297 g/mol. The topological polar surface area (TPSA) is 38.3 Å². The number of carbonyl (C=O) groups is 1. The number of ether oxygens (including phenoxy) is 1. The van der Waals surface area contributed by atoms with Gasteiger partial charge in [-0.3, -0.25) is 4.79 Å². The van der Waals surface area contributed by atoms with Gasteiger partial charge in [-0.05, 0) is 38.5 Å². The summed E-state index contributed by atoms with van der Waals surface area (Å²) in [6.45, 7) is 5.32. The van der Waals surface area contributed by atoms with Crippen molar-refractivity contribution in [3.05, 3.63) is 28.2 Å². The summed E-state index contributed by atoms with van der Waals surface area (Å²) < 4.78 is 5.53. The van der Waals surface area contributed by atoms with Gasteiger partial charge in [0.1, 0.15) is 5.75 Å². The molecule has 0 aromatic heterocycles. The van der Waals surface area contributed by atoms with E-state index in [-0.39, 0.29) is 5.91 Å². The van der Waals surface area contributed by atoms with Crippen molar-refractivity contribution in [1.82, 2.24) is 5.32 Å². The number of carbonyl (C=O) groups excluding carboxylic acids is 1. The molecule has 0 unspecified atom stereocenters. The molecule has 0 fully saturated rings. The van der Waals surface area contributed by atoms with Crippen LogP contribution < -0.4 is 10.1 Å². The van der Waals surface area contributed by atoms with Gasteiger partial charge in [-0.1, -0.05) is 36.0 Å². The monoisotopic (exact) mass is 313 g/mol. The Kier molecular flexibility index (Phi) is 5.74. The second-order valence-corrected chi connectivity index (χ2v) is 5.50. The van der Waals surface area contributed by atoms with Gasteiger partial charge in [0.2, 0.25) is 0 Å². The molecule has 1 amide bonds. The average molecular weight is 314 g/mol. The third-order valence-electron chi connectivity index (χ3n) is 2.99. The van der Waals surface area contributed by atoms with E-state index in [4.69, 9.17) is 34.4 Å². The first-order valence-corrected chi connectivity index (χ1v) is 6.98. The van der Waals surface area contributed by atoms with Crippen LogP contribution in [0.3, 0.4) is 0 Å². The molecule has 0 saturated heterocycles. The smallest absolute Gasteiger partial charge is 0.261 e. The lowest BCUT2D eigenvalue weighted by atomic mass is 10.00. The molecule has 2 atom stereocenters. The molecule has 0 aliphatic heterocycles. The number of nitrogens with one attached hydrogen (secondary N) is 1. The van der Waals surface area contributed by atoms with Crippen molar-refractivity contribution < 1.29 is 9.53 Å². The fraction of sp³-hybridized carbons (Fsp3) is 0.400. The maximum Gasteiger partial charge on any atom is 0.261 e. The first-order valence-electron chi connectivity index (χ1n) is 6.23. The Balaban J connectivity index is 2.74. The molecular formula is C15H17Cl2NO2. The molecule has 1 N–H and O–H groups in total. The molecule has 1 aromatic carbocycles. The highest BCUT2D eigenvalue weighted by Crippen LogP contribution is 2.28. The van der Waals surface area contributed by atoms with Crippen LogP contribution in [0.25, 0.3) is 0 Å². The van der Waals surface area contributed by atoms with E-state index in [2.05, 4.69) is 11.2 Å². The summed E-state index contributed by atoms with van der Waals surface area (Å²) >= 11 is 11.8. The van der Waals surface area contributed by atoms with Crippen molar-refractivity contribution >= 4 is 29.1 Å². The summed E-state index contributed by atoms with van der Waals surface area (Å²) in [6, 6.07) is 4.82. The fourth-order valence-electron chi connectivity index (χ4n) is 1.41. The molecule has 0 aliphatic carbocycles. The zero-order valence-corrected chi connectivity index (χ0v) is 13.2. The van der Waals surface area contributed by atoms with Crippen molar-refractivity contribution in [2.45, 2.75) is 38.8 Å². The molecule has 0 heterocycles. The Morgan fingerprint density at radius 2 is 2.20 bits per heavy atom. The lowest BCUT2D eigenvalue weighted by Crippen LogP contribution is -2.49. The van der Waals surface area contributed by atoms with Crippen LogP contribution in [0.4, 0.5) is 0 Å². The van der Waals surface area contributed by atoms with Gasteiger partial charge in [0.15, 0.2) is 6.10 Å². The van der Waals surface area contributed by atoms with Crippen LogP contribution in [0.1, 0.15) is 27.2 Å². The van der Waals surface area contributed by atoms with Crippen molar-refractivity contribution in [2.24, 2.45) is 0 Å². The van der Waals surface area contributed by atoms with Gasteiger partial charge in [0.05, 0.1) is 10.6 Å². The van der Waals surface area contributed by atoms with Crippen molar-refractivity contribution in [2.75, 3.05) is 0 Å². The minimum atomic E-state index is -0.715. The first kappa shape index (κ1) is 16.7. The normalized spacial score (nSPS) is 14.8. The van der Waals surface area contributed by atoms with Gasteiger partial charge < -0.3 is 10.1 Å². The van der Waals surface area contributed by atoms with Gasteiger partial charge in [-0.15, -0.1) is 6.42 Å². The molecule has 0 bridgehead atoms. The molecule has 0 saturated carbocycles. The number of terminal acetylenes is 1. The van der Waals surface area contributed by atoms with E-state index < -0.39 is 11.6 Å². The van der Waals surface area contributed by atoms with Crippen LogP contribution in [0.15, 0.2) is 18.2 Å². The van der Waals surface area contributed by atoms with Gasteiger partial charge >= 0.3 is 0 Å². The SMILES string of the molecule is C#C[C@](C)(CC)NC(=O)[C@@H](C)Oc1ccc(Cl)cc1Cl. The lowest BCUT2D eigenvalue weighted by Gasteiger charge is -2.25. The van der Waals surface area contributed by atoms with Gasteiger partial charge in [-0.2, -0.15) is 0 Å². The van der Waals surface area contributed by atoms with Crippen LogP contribution in [0, 0.1) is 12.3 Å². The Morgan fingerprint density at radius 3 is 2.70 bits per heavy atom. The number of rotatable bonds is 5. The summed E-state index contributed by atoms with van der Waals surface area (Å²) in [4.78, 5) is 12.1. The molecule has 0 radical (unpaired) electrons. The lowest BCUT2D eigenvalue weighted by molar-refractivity contribution is -0.128. The predicted octanol–water partition coefficient (Wildman–Crippen LogP) is 3.68. The summed E-state index contributed by atoms with van der Waals surface area (Å²) in [5.41, 5.74) is -0.682. The van der Waals surface area contributed by atoms with E-state index in [9.17, 15) is 4.79 Å². The number of hydrogen-bond donors (Lipinski definition) is 1. The third-order valence-corrected chi connectivity index (χ3v) is 3.52. The van der Waals surface area contributed by atoms with Crippen molar-refractivity contribution in [1.29, 1.82) is 0 Å². The van der Waals surface area contributed by atoms with Crippen LogP contribution >= 0.6 is 23.2 Å². The quantitative estimate of drug-likeness (QED) is 0.842. The molecule has 3 nitrogen and oxygen atoms in total. The predicted molar refractivity (Wildman–Crippen MR) is 82.2 cm³/mol. The molecule has 0 aliphatic rings. The van der Waals surface area contributed by atoms with Crippen LogP contribution in [-0.4, -0.2) is 17.6 Å². The zero-order chi connectivity index (χ0) is 15.3. The van der Waals surface area contributed by atoms with E-state index in [0.717, 1.165) is 0 Å². The molecule has 1 aromatic rings. The summed E-state index contributed by atoms with van der Waals surface area (Å²) in [6.07, 6.45) is 5.33. The Labute approximate surface area is 129 Å². The van der Waals surface area contributed by atoms with Crippen molar-refractivity contribution in [3.63, 3.8) is 0 Å². The largest absolute Gasteiger partial charge is 0.479 e. The fourth-order valence-corrected chi connectivity index (χ4v) is 1.87. The van der Waals surface area contributed by atoms with Gasteiger partial charge in [0, 0.05) is 5.02 Å². The first-order chi connectivity index (χ1) is 9.31. The van der Waals surface area contributed by atoms with E-state index in [1.165, 1.54) is 0 Å². The second-order valence-electron chi connectivity index (χ2n) is 4.65. The van der Waals surface area contributed by atoms with E-state index in [1.807, 2.05) is 6.92 Å². The summed E-state index contributed by atoms with van der Waals surface area (Å²) in [7, 11) is 0. The van der Waals surface area contributed by atoms with Gasteiger partial charge in [0.25, 0.3) is 5.91 Å². The third kappa shape index (κ3) is 4.33. The Hall–Kier alpha value is -1.37. The molecule has 0 spiro atoms.